The van der Waals surface area contributed by atoms with Gasteiger partial charge in [0, 0.05) is 11.2 Å². The van der Waals surface area contributed by atoms with Gasteiger partial charge in [-0.05, 0) is 63.8 Å². The predicted molar refractivity (Wildman–Crippen MR) is 102 cm³/mol. The maximum Gasteiger partial charge on any atom is 0.319 e. The van der Waals surface area contributed by atoms with Crippen molar-refractivity contribution in [2.24, 2.45) is 0 Å². The zero-order valence-corrected chi connectivity index (χ0v) is 16.1. The van der Waals surface area contributed by atoms with Crippen LogP contribution in [0.15, 0.2) is 48.7 Å². The summed E-state index contributed by atoms with van der Waals surface area (Å²) in [4.78, 5) is 19.3. The monoisotopic (exact) mass is 376 g/mol. The van der Waals surface area contributed by atoms with Crippen molar-refractivity contribution in [1.29, 1.82) is 0 Å². The van der Waals surface area contributed by atoms with Crippen LogP contribution in [0.4, 0.5) is 0 Å². The summed E-state index contributed by atoms with van der Waals surface area (Å²) >= 11 is 6.03. The molecule has 2 rings (SSSR count). The van der Waals surface area contributed by atoms with E-state index >= 15 is 0 Å². The van der Waals surface area contributed by atoms with E-state index in [0.29, 0.717) is 29.2 Å². The maximum absolute atomic E-state index is 13.1. The van der Waals surface area contributed by atoms with E-state index in [9.17, 15) is 9.90 Å². The van der Waals surface area contributed by atoms with Crippen LogP contribution in [-0.4, -0.2) is 48.2 Å². The summed E-state index contributed by atoms with van der Waals surface area (Å²) in [6, 6.07) is 12.2. The number of aromatic nitrogens is 1. The minimum Gasteiger partial charge on any atom is -0.465 e. The summed E-state index contributed by atoms with van der Waals surface area (Å²) < 4.78 is 5.39. The SMILES string of the molecule is CCOC(=O)C(CCN(C)C)(c1ccc(Cl)cc1)C(O)c1ccccn1. The number of benzene rings is 1. The molecular formula is C20H25ClN2O3. The number of hydrogen-bond donors (Lipinski definition) is 1. The lowest BCUT2D eigenvalue weighted by Crippen LogP contribution is -2.45. The molecule has 0 fully saturated rings. The van der Waals surface area contributed by atoms with Gasteiger partial charge in [0.2, 0.25) is 0 Å². The molecule has 1 aromatic carbocycles. The van der Waals surface area contributed by atoms with Gasteiger partial charge in [0.15, 0.2) is 0 Å². The Hall–Kier alpha value is -1.95. The van der Waals surface area contributed by atoms with Crippen molar-refractivity contribution in [3.8, 4) is 0 Å². The van der Waals surface area contributed by atoms with Gasteiger partial charge in [-0.1, -0.05) is 29.8 Å². The molecule has 0 amide bonds. The van der Waals surface area contributed by atoms with Crippen molar-refractivity contribution in [2.45, 2.75) is 24.9 Å². The average molecular weight is 377 g/mol. The number of ether oxygens (including phenoxy) is 1. The van der Waals surface area contributed by atoms with Crippen LogP contribution in [-0.2, 0) is 14.9 Å². The minimum atomic E-state index is -1.28. The molecular weight excluding hydrogens is 352 g/mol. The lowest BCUT2D eigenvalue weighted by molar-refractivity contribution is -0.156. The highest BCUT2D eigenvalue weighted by Crippen LogP contribution is 2.41. The third-order valence-electron chi connectivity index (χ3n) is 4.39. The van der Waals surface area contributed by atoms with Crippen molar-refractivity contribution >= 4 is 17.6 Å². The van der Waals surface area contributed by atoms with Crippen LogP contribution in [0, 0.1) is 0 Å². The Morgan fingerprint density at radius 2 is 1.96 bits per heavy atom. The van der Waals surface area contributed by atoms with Gasteiger partial charge in [-0.15, -0.1) is 0 Å². The third-order valence-corrected chi connectivity index (χ3v) is 4.64. The summed E-state index contributed by atoms with van der Waals surface area (Å²) in [5.74, 6) is -0.470. The average Bonchev–Trinajstić information content (AvgIpc) is 2.64. The lowest BCUT2D eigenvalue weighted by atomic mass is 9.71. The molecule has 5 nitrogen and oxygen atoms in total. The van der Waals surface area contributed by atoms with Gasteiger partial charge in [0.25, 0.3) is 0 Å². The third kappa shape index (κ3) is 4.41. The molecule has 140 valence electrons. The van der Waals surface area contributed by atoms with E-state index in [2.05, 4.69) is 4.98 Å². The van der Waals surface area contributed by atoms with E-state index in [4.69, 9.17) is 16.3 Å². The van der Waals surface area contributed by atoms with E-state index in [-0.39, 0.29) is 6.61 Å². The normalized spacial score (nSPS) is 14.7. The summed E-state index contributed by atoms with van der Waals surface area (Å²) in [5, 5.41) is 11.8. The first-order chi connectivity index (χ1) is 12.4. The molecule has 0 aliphatic heterocycles. The molecule has 1 N–H and O–H groups in total. The van der Waals surface area contributed by atoms with Crippen LogP contribution in [0.3, 0.4) is 0 Å². The van der Waals surface area contributed by atoms with Crippen molar-refractivity contribution in [2.75, 3.05) is 27.2 Å². The van der Waals surface area contributed by atoms with E-state index in [0.717, 1.165) is 0 Å². The number of esters is 1. The van der Waals surface area contributed by atoms with Crippen LogP contribution in [0.5, 0.6) is 0 Å². The molecule has 0 spiro atoms. The number of aliphatic hydroxyl groups excluding tert-OH is 1. The van der Waals surface area contributed by atoms with Gasteiger partial charge in [-0.2, -0.15) is 0 Å². The van der Waals surface area contributed by atoms with Crippen molar-refractivity contribution in [3.63, 3.8) is 0 Å². The second kappa shape index (κ2) is 9.12. The fourth-order valence-corrected chi connectivity index (χ4v) is 3.09. The number of halogens is 1. The molecule has 2 atom stereocenters. The Morgan fingerprint density at radius 1 is 1.27 bits per heavy atom. The molecule has 1 heterocycles. The summed E-state index contributed by atoms with van der Waals surface area (Å²) in [6.45, 7) is 2.57. The molecule has 2 aromatic rings. The number of hydrogen-bond acceptors (Lipinski definition) is 5. The molecule has 0 aliphatic rings. The van der Waals surface area contributed by atoms with Crippen LogP contribution in [0.2, 0.25) is 5.02 Å². The molecule has 2 unspecified atom stereocenters. The predicted octanol–water partition coefficient (Wildman–Crippen LogP) is 3.22. The van der Waals surface area contributed by atoms with E-state index in [1.54, 1.807) is 55.6 Å². The standard InChI is InChI=1S/C20H25ClN2O3/c1-4-26-19(25)20(12-14-23(2)3,15-8-10-16(21)11-9-15)18(24)17-7-5-6-13-22-17/h5-11,13,18,24H,4,12,14H2,1-3H3. The second-order valence-corrected chi connectivity index (χ2v) is 6.85. The van der Waals surface area contributed by atoms with Gasteiger partial charge < -0.3 is 14.7 Å². The quantitative estimate of drug-likeness (QED) is 0.717. The van der Waals surface area contributed by atoms with Crippen molar-refractivity contribution in [1.82, 2.24) is 9.88 Å². The minimum absolute atomic E-state index is 0.227. The zero-order chi connectivity index (χ0) is 19.2. The number of aliphatic hydroxyl groups is 1. The van der Waals surface area contributed by atoms with Crippen molar-refractivity contribution < 1.29 is 14.6 Å². The van der Waals surface area contributed by atoms with Crippen LogP contribution >= 0.6 is 11.6 Å². The Labute approximate surface area is 159 Å². The number of carbonyl (C=O) groups is 1. The Kier molecular flexibility index (Phi) is 7.14. The van der Waals surface area contributed by atoms with Gasteiger partial charge in [0.1, 0.15) is 11.5 Å². The highest BCUT2D eigenvalue weighted by atomic mass is 35.5. The Balaban J connectivity index is 2.61. The van der Waals surface area contributed by atoms with E-state index in [1.807, 2.05) is 19.0 Å². The van der Waals surface area contributed by atoms with Crippen LogP contribution in [0.1, 0.15) is 30.7 Å². The van der Waals surface area contributed by atoms with Crippen LogP contribution < -0.4 is 0 Å². The van der Waals surface area contributed by atoms with E-state index < -0.39 is 17.5 Å². The van der Waals surface area contributed by atoms with Gasteiger partial charge in [0.05, 0.1) is 12.3 Å². The first-order valence-corrected chi connectivity index (χ1v) is 8.96. The van der Waals surface area contributed by atoms with Gasteiger partial charge >= 0.3 is 5.97 Å². The lowest BCUT2D eigenvalue weighted by Gasteiger charge is -2.36. The van der Waals surface area contributed by atoms with Gasteiger partial charge in [-0.25, -0.2) is 0 Å². The first-order valence-electron chi connectivity index (χ1n) is 8.58. The number of pyridine rings is 1. The molecule has 0 bridgehead atoms. The Bertz CT molecular complexity index is 707. The highest BCUT2D eigenvalue weighted by molar-refractivity contribution is 6.30. The summed E-state index contributed by atoms with van der Waals surface area (Å²) in [6.07, 6.45) is 0.824. The molecule has 0 radical (unpaired) electrons. The van der Waals surface area contributed by atoms with Gasteiger partial charge in [-0.3, -0.25) is 9.78 Å². The van der Waals surface area contributed by atoms with E-state index in [1.165, 1.54) is 0 Å². The summed E-state index contributed by atoms with van der Waals surface area (Å²) in [5.41, 5.74) is -0.200. The molecule has 0 aliphatic carbocycles. The maximum atomic E-state index is 13.1. The fraction of sp³-hybridized carbons (Fsp3) is 0.400. The smallest absolute Gasteiger partial charge is 0.319 e. The number of nitrogens with zero attached hydrogens (tertiary/aromatic N) is 2. The summed E-state index contributed by atoms with van der Waals surface area (Å²) in [7, 11) is 3.84. The largest absolute Gasteiger partial charge is 0.465 e. The molecule has 26 heavy (non-hydrogen) atoms. The topological polar surface area (TPSA) is 62.7 Å². The fourth-order valence-electron chi connectivity index (χ4n) is 2.97. The molecule has 6 heteroatoms. The van der Waals surface area contributed by atoms with Crippen LogP contribution in [0.25, 0.3) is 0 Å². The molecule has 0 saturated carbocycles. The molecule has 1 aromatic heterocycles. The second-order valence-electron chi connectivity index (χ2n) is 6.41. The first kappa shape index (κ1) is 20.4. The number of carbonyl (C=O) groups excluding carboxylic acids is 1. The highest BCUT2D eigenvalue weighted by Gasteiger charge is 2.49. The van der Waals surface area contributed by atoms with Crippen molar-refractivity contribution in [3.05, 3.63) is 64.9 Å². The molecule has 0 saturated heterocycles. The zero-order valence-electron chi connectivity index (χ0n) is 15.4. The number of rotatable bonds is 8. The Morgan fingerprint density at radius 3 is 2.50 bits per heavy atom.